The van der Waals surface area contributed by atoms with Gasteiger partial charge in [0.05, 0.1) is 18.9 Å². The van der Waals surface area contributed by atoms with Crippen molar-refractivity contribution < 1.29 is 24.2 Å². The van der Waals surface area contributed by atoms with Gasteiger partial charge in [0.25, 0.3) is 0 Å². The summed E-state index contributed by atoms with van der Waals surface area (Å²) < 4.78 is 5.02. The van der Waals surface area contributed by atoms with E-state index in [4.69, 9.17) is 15.6 Å². The van der Waals surface area contributed by atoms with Crippen molar-refractivity contribution in [1.29, 1.82) is 0 Å². The summed E-state index contributed by atoms with van der Waals surface area (Å²) in [5, 5.41) is 8.79. The maximum atomic E-state index is 11.8. The average molecular weight is 276 g/mol. The molecule has 1 aliphatic heterocycles. The van der Waals surface area contributed by atoms with E-state index in [2.05, 4.69) is 0 Å². The number of rotatable bonds is 6. The number of morpholine rings is 1. The third kappa shape index (κ3) is 4.92. The van der Waals surface area contributed by atoms with Crippen LogP contribution < -0.4 is 5.73 Å². The maximum Gasteiger partial charge on any atom is 0.334 e. The fraction of sp³-hybridized carbons (Fsp3) is 0.700. The van der Waals surface area contributed by atoms with Crippen LogP contribution in [0.1, 0.15) is 6.42 Å². The molecule has 102 valence electrons. The van der Waals surface area contributed by atoms with Crippen LogP contribution in [0.25, 0.3) is 0 Å². The minimum Gasteiger partial charge on any atom is -0.479 e. The van der Waals surface area contributed by atoms with E-state index in [0.717, 1.165) is 0 Å². The highest BCUT2D eigenvalue weighted by Gasteiger charge is 2.28. The third-order valence-corrected chi connectivity index (χ3v) is 3.38. The minimum absolute atomic E-state index is 0.0780. The molecule has 1 aliphatic rings. The quantitative estimate of drug-likeness (QED) is 0.596. The van der Waals surface area contributed by atoms with Crippen molar-refractivity contribution in [2.24, 2.45) is 5.73 Å². The molecule has 1 fully saturated rings. The normalized spacial score (nSPS) is 19.6. The fourth-order valence-corrected chi connectivity index (χ4v) is 2.18. The molecule has 0 aromatic carbocycles. The van der Waals surface area contributed by atoms with Gasteiger partial charge in [0.15, 0.2) is 6.10 Å². The summed E-state index contributed by atoms with van der Waals surface area (Å²) in [4.78, 5) is 34.5. The number of carbonyl (C=O) groups is 3. The Bertz CT molecular complexity index is 336. The highest BCUT2D eigenvalue weighted by atomic mass is 32.2. The molecule has 0 bridgehead atoms. The number of hydrogen-bond acceptors (Lipinski definition) is 5. The van der Waals surface area contributed by atoms with Crippen molar-refractivity contribution in [3.8, 4) is 0 Å². The summed E-state index contributed by atoms with van der Waals surface area (Å²) in [7, 11) is 0. The Morgan fingerprint density at radius 1 is 1.44 bits per heavy atom. The minimum atomic E-state index is -1.06. The number of thioether (sulfide) groups is 1. The molecule has 0 aliphatic carbocycles. The fourth-order valence-electron chi connectivity index (χ4n) is 1.52. The van der Waals surface area contributed by atoms with E-state index < -0.39 is 18.0 Å². The summed E-state index contributed by atoms with van der Waals surface area (Å²) in [5.41, 5.74) is 4.97. The Labute approximate surface area is 109 Å². The lowest BCUT2D eigenvalue weighted by atomic mass is 10.2. The first-order valence-electron chi connectivity index (χ1n) is 5.49. The molecule has 1 saturated heterocycles. The van der Waals surface area contributed by atoms with Crippen LogP contribution in [0.4, 0.5) is 0 Å². The lowest BCUT2D eigenvalue weighted by Crippen LogP contribution is -2.48. The zero-order valence-corrected chi connectivity index (χ0v) is 10.6. The first-order valence-corrected chi connectivity index (χ1v) is 6.64. The molecule has 3 N–H and O–H groups in total. The second kappa shape index (κ2) is 7.22. The largest absolute Gasteiger partial charge is 0.479 e. The van der Waals surface area contributed by atoms with Gasteiger partial charge in [-0.15, -0.1) is 0 Å². The molecule has 0 aromatic rings. The zero-order chi connectivity index (χ0) is 13.5. The van der Waals surface area contributed by atoms with Crippen molar-refractivity contribution in [1.82, 2.24) is 4.90 Å². The average Bonchev–Trinajstić information content (AvgIpc) is 2.34. The maximum absolute atomic E-state index is 11.8. The number of nitrogens with two attached hydrogens (primary N) is 1. The summed E-state index contributed by atoms with van der Waals surface area (Å²) >= 11 is 1.29. The zero-order valence-electron chi connectivity index (χ0n) is 9.83. The van der Waals surface area contributed by atoms with Crippen LogP contribution in [-0.4, -0.2) is 65.1 Å². The molecule has 1 heterocycles. The van der Waals surface area contributed by atoms with E-state index in [1.807, 2.05) is 0 Å². The summed E-state index contributed by atoms with van der Waals surface area (Å²) in [5.74, 6) is -0.910. The molecule has 0 saturated carbocycles. The second-order valence-electron chi connectivity index (χ2n) is 3.81. The molecule has 8 heteroatoms. The second-order valence-corrected chi connectivity index (χ2v) is 4.91. The van der Waals surface area contributed by atoms with E-state index in [1.54, 1.807) is 0 Å². The number of nitrogens with zero attached hydrogens (tertiary/aromatic N) is 1. The van der Waals surface area contributed by atoms with Crippen LogP contribution in [0, 0.1) is 0 Å². The number of carboxylic acid groups (broad SMARTS) is 1. The molecule has 18 heavy (non-hydrogen) atoms. The number of carbonyl (C=O) groups excluding carboxylic acids is 2. The molecule has 1 unspecified atom stereocenters. The van der Waals surface area contributed by atoms with Crippen molar-refractivity contribution in [3.05, 3.63) is 0 Å². The molecule has 0 spiro atoms. The van der Waals surface area contributed by atoms with Gasteiger partial charge in [-0.25, -0.2) is 4.79 Å². The topological polar surface area (TPSA) is 110 Å². The third-order valence-electron chi connectivity index (χ3n) is 2.40. The molecule has 0 radical (unpaired) electrons. The van der Waals surface area contributed by atoms with Crippen LogP contribution in [0.3, 0.4) is 0 Å². The number of ether oxygens (including phenoxy) is 1. The molecular weight excluding hydrogens is 260 g/mol. The van der Waals surface area contributed by atoms with Crippen LogP contribution in [-0.2, 0) is 19.1 Å². The van der Waals surface area contributed by atoms with E-state index >= 15 is 0 Å². The van der Waals surface area contributed by atoms with Crippen LogP contribution in [0.5, 0.6) is 0 Å². The lowest BCUT2D eigenvalue weighted by molar-refractivity contribution is -0.159. The molecule has 0 aromatic heterocycles. The van der Waals surface area contributed by atoms with Gasteiger partial charge in [-0.05, 0) is 0 Å². The lowest BCUT2D eigenvalue weighted by Gasteiger charge is -2.30. The van der Waals surface area contributed by atoms with Gasteiger partial charge >= 0.3 is 5.97 Å². The van der Waals surface area contributed by atoms with E-state index in [1.165, 1.54) is 16.7 Å². The predicted molar refractivity (Wildman–Crippen MR) is 65.1 cm³/mol. The van der Waals surface area contributed by atoms with E-state index in [9.17, 15) is 14.4 Å². The highest BCUT2D eigenvalue weighted by Crippen LogP contribution is 2.09. The molecule has 1 rings (SSSR count). The van der Waals surface area contributed by atoms with Crippen molar-refractivity contribution in [2.45, 2.75) is 12.5 Å². The highest BCUT2D eigenvalue weighted by molar-refractivity contribution is 7.99. The van der Waals surface area contributed by atoms with Crippen molar-refractivity contribution in [2.75, 3.05) is 31.2 Å². The Kier molecular flexibility index (Phi) is 5.93. The number of carboxylic acids is 1. The smallest absolute Gasteiger partial charge is 0.334 e. The Morgan fingerprint density at radius 3 is 2.78 bits per heavy atom. The summed E-state index contributed by atoms with van der Waals surface area (Å²) in [6.45, 7) is 0.717. The summed E-state index contributed by atoms with van der Waals surface area (Å²) in [6.07, 6.45) is -0.675. The van der Waals surface area contributed by atoms with E-state index in [-0.39, 0.29) is 31.2 Å². The molecular formula is C10H16N2O5S. The SMILES string of the molecule is NC(=O)CSCCC(=O)N1CCOC(C(=O)O)C1. The van der Waals surface area contributed by atoms with Crippen LogP contribution in [0.15, 0.2) is 0 Å². The van der Waals surface area contributed by atoms with Gasteiger partial charge in [-0.2, -0.15) is 11.8 Å². The van der Waals surface area contributed by atoms with Crippen LogP contribution >= 0.6 is 11.8 Å². The van der Waals surface area contributed by atoms with Gasteiger partial charge in [0.1, 0.15) is 0 Å². The van der Waals surface area contributed by atoms with Crippen molar-refractivity contribution in [3.63, 3.8) is 0 Å². The number of hydrogen-bond donors (Lipinski definition) is 2. The Hall–Kier alpha value is -1.28. The molecule has 1 atom stereocenters. The Morgan fingerprint density at radius 2 is 2.17 bits per heavy atom. The number of amides is 2. The predicted octanol–water partition coefficient (Wildman–Crippen LogP) is -1.09. The molecule has 7 nitrogen and oxygen atoms in total. The van der Waals surface area contributed by atoms with E-state index in [0.29, 0.717) is 12.3 Å². The van der Waals surface area contributed by atoms with Gasteiger partial charge in [0, 0.05) is 18.7 Å². The first kappa shape index (κ1) is 14.8. The van der Waals surface area contributed by atoms with Crippen molar-refractivity contribution >= 4 is 29.5 Å². The van der Waals surface area contributed by atoms with Crippen LogP contribution in [0.2, 0.25) is 0 Å². The van der Waals surface area contributed by atoms with Gasteiger partial charge < -0.3 is 20.5 Å². The number of aliphatic carboxylic acids is 1. The van der Waals surface area contributed by atoms with Gasteiger partial charge in [-0.1, -0.05) is 0 Å². The standard InChI is InChI=1S/C10H16N2O5S/c11-8(13)6-18-4-1-9(14)12-2-3-17-7(5-12)10(15)16/h7H,1-6H2,(H2,11,13)(H,15,16). The molecule has 2 amide bonds. The first-order chi connectivity index (χ1) is 8.50. The monoisotopic (exact) mass is 276 g/mol. The summed E-state index contributed by atoms with van der Waals surface area (Å²) in [6, 6.07) is 0. The van der Waals surface area contributed by atoms with Gasteiger partial charge in [0.2, 0.25) is 11.8 Å². The number of primary amides is 1. The Balaban J connectivity index is 2.28. The van der Waals surface area contributed by atoms with Gasteiger partial charge in [-0.3, -0.25) is 9.59 Å².